The minimum Gasteiger partial charge on any atom is -0.464 e. The van der Waals surface area contributed by atoms with Crippen LogP contribution in [0.25, 0.3) is 10.9 Å². The van der Waals surface area contributed by atoms with E-state index in [0.29, 0.717) is 24.6 Å². The third-order valence-corrected chi connectivity index (χ3v) is 6.69. The van der Waals surface area contributed by atoms with E-state index in [1.54, 1.807) is 12.3 Å². The molecule has 0 saturated carbocycles. The SMILES string of the molecule is COC(=O)c1cc2c(CN3CC[C@@H]4C(=O)NC[C@@H]4C3)cn(Cc3ccc(F)cc3F)c2cn1. The molecule has 2 aliphatic heterocycles. The molecule has 4 heterocycles. The Labute approximate surface area is 189 Å². The van der Waals surface area contributed by atoms with Crippen molar-refractivity contribution in [3.05, 3.63) is 65.1 Å². The van der Waals surface area contributed by atoms with Crippen LogP contribution in [-0.2, 0) is 22.6 Å². The molecule has 1 amide bonds. The van der Waals surface area contributed by atoms with E-state index in [1.807, 2.05) is 10.8 Å². The molecule has 2 fully saturated rings. The quantitative estimate of drug-likeness (QED) is 0.600. The molecule has 33 heavy (non-hydrogen) atoms. The van der Waals surface area contributed by atoms with Crippen LogP contribution in [0.4, 0.5) is 8.78 Å². The smallest absolute Gasteiger partial charge is 0.356 e. The van der Waals surface area contributed by atoms with E-state index in [1.165, 1.54) is 19.2 Å². The largest absolute Gasteiger partial charge is 0.464 e. The summed E-state index contributed by atoms with van der Waals surface area (Å²) in [7, 11) is 1.30. The average molecular weight is 454 g/mol. The number of nitrogens with zero attached hydrogens (tertiary/aromatic N) is 3. The fourth-order valence-electron chi connectivity index (χ4n) is 4.97. The van der Waals surface area contributed by atoms with Crippen LogP contribution < -0.4 is 5.32 Å². The third kappa shape index (κ3) is 4.08. The van der Waals surface area contributed by atoms with Gasteiger partial charge in [0.1, 0.15) is 17.3 Å². The van der Waals surface area contributed by atoms with Crippen molar-refractivity contribution in [2.75, 3.05) is 26.7 Å². The van der Waals surface area contributed by atoms with Gasteiger partial charge in [-0.25, -0.2) is 18.6 Å². The number of likely N-dealkylation sites (tertiary alicyclic amines) is 1. The number of carbonyl (C=O) groups excluding carboxylic acids is 2. The predicted octanol–water partition coefficient (Wildman–Crippen LogP) is 2.72. The van der Waals surface area contributed by atoms with E-state index in [-0.39, 0.29) is 24.1 Å². The Hall–Kier alpha value is -3.33. The van der Waals surface area contributed by atoms with Crippen LogP contribution in [0.2, 0.25) is 0 Å². The molecule has 7 nitrogen and oxygen atoms in total. The number of aromatic nitrogens is 2. The van der Waals surface area contributed by atoms with Crippen molar-refractivity contribution >= 4 is 22.8 Å². The Morgan fingerprint density at radius 2 is 2.09 bits per heavy atom. The number of hydrogen-bond donors (Lipinski definition) is 1. The third-order valence-electron chi connectivity index (χ3n) is 6.69. The van der Waals surface area contributed by atoms with Crippen molar-refractivity contribution in [2.24, 2.45) is 11.8 Å². The fraction of sp³-hybridized carbons (Fsp3) is 0.375. The highest BCUT2D eigenvalue weighted by Gasteiger charge is 2.38. The van der Waals surface area contributed by atoms with Gasteiger partial charge in [0.15, 0.2) is 0 Å². The maximum Gasteiger partial charge on any atom is 0.356 e. The first-order chi connectivity index (χ1) is 15.9. The molecule has 0 unspecified atom stereocenters. The van der Waals surface area contributed by atoms with E-state index in [0.717, 1.165) is 42.0 Å². The van der Waals surface area contributed by atoms with Crippen LogP contribution in [-0.4, -0.2) is 53.1 Å². The molecule has 0 spiro atoms. The molecule has 2 atom stereocenters. The van der Waals surface area contributed by atoms with Gasteiger partial charge in [-0.2, -0.15) is 0 Å². The van der Waals surface area contributed by atoms with Gasteiger partial charge in [0.2, 0.25) is 5.91 Å². The minimum absolute atomic E-state index is 0.0826. The van der Waals surface area contributed by atoms with Crippen molar-refractivity contribution in [2.45, 2.75) is 19.5 Å². The molecular formula is C24H24F2N4O3. The molecule has 2 aliphatic rings. The summed E-state index contributed by atoms with van der Waals surface area (Å²) in [4.78, 5) is 30.6. The van der Waals surface area contributed by atoms with Gasteiger partial charge in [0.25, 0.3) is 0 Å². The predicted molar refractivity (Wildman–Crippen MR) is 116 cm³/mol. The Morgan fingerprint density at radius 1 is 1.24 bits per heavy atom. The number of piperidine rings is 1. The molecule has 3 aromatic rings. The second-order valence-corrected chi connectivity index (χ2v) is 8.73. The van der Waals surface area contributed by atoms with E-state index in [4.69, 9.17) is 4.74 Å². The van der Waals surface area contributed by atoms with Gasteiger partial charge < -0.3 is 14.6 Å². The molecular weight excluding hydrogens is 430 g/mol. The molecule has 2 saturated heterocycles. The summed E-state index contributed by atoms with van der Waals surface area (Å²) in [6.07, 6.45) is 4.32. The first-order valence-electron chi connectivity index (χ1n) is 10.9. The highest BCUT2D eigenvalue weighted by molar-refractivity contribution is 5.93. The second-order valence-electron chi connectivity index (χ2n) is 8.73. The number of halogens is 2. The summed E-state index contributed by atoms with van der Waals surface area (Å²) >= 11 is 0. The number of amides is 1. The van der Waals surface area contributed by atoms with Crippen LogP contribution in [0.15, 0.2) is 36.7 Å². The monoisotopic (exact) mass is 454 g/mol. The van der Waals surface area contributed by atoms with E-state index in [9.17, 15) is 18.4 Å². The maximum atomic E-state index is 14.3. The van der Waals surface area contributed by atoms with Gasteiger partial charge in [0, 0.05) is 54.7 Å². The lowest BCUT2D eigenvalue weighted by Crippen LogP contribution is -2.40. The fourth-order valence-corrected chi connectivity index (χ4v) is 4.97. The lowest BCUT2D eigenvalue weighted by molar-refractivity contribution is -0.124. The van der Waals surface area contributed by atoms with Crippen LogP contribution >= 0.6 is 0 Å². The Balaban J connectivity index is 1.48. The normalized spacial score (nSPS) is 20.6. The number of hydrogen-bond acceptors (Lipinski definition) is 5. The number of fused-ring (bicyclic) bond motifs is 2. The summed E-state index contributed by atoms with van der Waals surface area (Å²) in [5.41, 5.74) is 2.26. The van der Waals surface area contributed by atoms with Crippen molar-refractivity contribution in [1.29, 1.82) is 0 Å². The van der Waals surface area contributed by atoms with Gasteiger partial charge in [-0.05, 0) is 30.7 Å². The Bertz CT molecular complexity index is 1240. The van der Waals surface area contributed by atoms with Crippen LogP contribution in [0, 0.1) is 23.5 Å². The summed E-state index contributed by atoms with van der Waals surface area (Å²) in [5, 5.41) is 3.78. The van der Waals surface area contributed by atoms with Crippen molar-refractivity contribution in [3.8, 4) is 0 Å². The molecule has 9 heteroatoms. The molecule has 172 valence electrons. The molecule has 0 bridgehead atoms. The molecule has 5 rings (SSSR count). The number of benzene rings is 1. The number of nitrogens with one attached hydrogen (secondary N) is 1. The second kappa shape index (κ2) is 8.55. The standard InChI is InChI=1S/C24H24F2N4O3/c1-33-24(32)21-7-19-16(11-29-5-4-18-15(10-29)8-28-23(18)31)13-30(22(19)9-27-21)12-14-2-3-17(25)6-20(14)26/h2-3,6-7,9,13,15,18H,4-5,8,10-12H2,1H3,(H,28,31)/t15-,18+/m1/s1. The van der Waals surface area contributed by atoms with Crippen molar-refractivity contribution < 1.29 is 23.1 Å². The zero-order valence-corrected chi connectivity index (χ0v) is 18.2. The first-order valence-corrected chi connectivity index (χ1v) is 10.9. The minimum atomic E-state index is -0.623. The van der Waals surface area contributed by atoms with Gasteiger partial charge in [0.05, 0.1) is 25.4 Å². The summed E-state index contributed by atoms with van der Waals surface area (Å²) in [5.74, 6) is -1.25. The van der Waals surface area contributed by atoms with Gasteiger partial charge >= 0.3 is 5.97 Å². The van der Waals surface area contributed by atoms with Crippen LogP contribution in [0.3, 0.4) is 0 Å². The highest BCUT2D eigenvalue weighted by Crippen LogP contribution is 2.30. The molecule has 0 radical (unpaired) electrons. The Morgan fingerprint density at radius 3 is 2.88 bits per heavy atom. The topological polar surface area (TPSA) is 76.5 Å². The highest BCUT2D eigenvalue weighted by atomic mass is 19.1. The van der Waals surface area contributed by atoms with Crippen molar-refractivity contribution in [1.82, 2.24) is 19.8 Å². The van der Waals surface area contributed by atoms with Crippen molar-refractivity contribution in [3.63, 3.8) is 0 Å². The van der Waals surface area contributed by atoms with Gasteiger partial charge in [-0.1, -0.05) is 6.07 Å². The molecule has 2 aromatic heterocycles. The summed E-state index contributed by atoms with van der Waals surface area (Å²) < 4.78 is 34.3. The van der Waals surface area contributed by atoms with E-state index in [2.05, 4.69) is 15.2 Å². The van der Waals surface area contributed by atoms with Crippen LogP contribution in [0.1, 0.15) is 28.0 Å². The molecule has 0 aliphatic carbocycles. The maximum absolute atomic E-state index is 14.3. The number of esters is 1. The lowest BCUT2D eigenvalue weighted by atomic mass is 9.88. The Kier molecular flexibility index (Phi) is 5.57. The molecule has 1 N–H and O–H groups in total. The van der Waals surface area contributed by atoms with E-state index < -0.39 is 17.6 Å². The number of carbonyl (C=O) groups is 2. The van der Waals surface area contributed by atoms with Gasteiger partial charge in [-0.3, -0.25) is 9.69 Å². The lowest BCUT2D eigenvalue weighted by Gasteiger charge is -2.33. The average Bonchev–Trinajstić information content (AvgIpc) is 3.34. The number of methoxy groups -OCH3 is 1. The zero-order chi connectivity index (χ0) is 23.1. The van der Waals surface area contributed by atoms with E-state index >= 15 is 0 Å². The molecule has 1 aromatic carbocycles. The first kappa shape index (κ1) is 21.5. The van der Waals surface area contributed by atoms with Crippen LogP contribution in [0.5, 0.6) is 0 Å². The zero-order valence-electron chi connectivity index (χ0n) is 18.2. The number of ether oxygens (including phenoxy) is 1. The van der Waals surface area contributed by atoms with Gasteiger partial charge in [-0.15, -0.1) is 0 Å². The summed E-state index contributed by atoms with van der Waals surface area (Å²) in [6, 6.07) is 5.24. The number of pyridine rings is 1. The number of rotatable bonds is 5. The summed E-state index contributed by atoms with van der Waals surface area (Å²) in [6.45, 7) is 3.12.